The summed E-state index contributed by atoms with van der Waals surface area (Å²) >= 11 is 0. The molecule has 1 amide bonds. The van der Waals surface area contributed by atoms with Gasteiger partial charge in [-0.05, 0) is 57.6 Å². The number of hydrogen-bond acceptors (Lipinski definition) is 8. The summed E-state index contributed by atoms with van der Waals surface area (Å²) in [6.07, 6.45) is -0.116. The first-order chi connectivity index (χ1) is 19.5. The molecule has 3 heterocycles. The molecule has 0 spiro atoms. The summed E-state index contributed by atoms with van der Waals surface area (Å²) in [5.74, 6) is -2.84. The van der Waals surface area contributed by atoms with Crippen LogP contribution < -0.4 is 20.5 Å². The zero-order valence-corrected chi connectivity index (χ0v) is 24.1. The van der Waals surface area contributed by atoms with Crippen LogP contribution in [0.1, 0.15) is 51.4 Å². The number of carbonyl (C=O) groups is 2. The lowest BCUT2D eigenvalue weighted by molar-refractivity contribution is -0.169. The number of anilines is 1. The van der Waals surface area contributed by atoms with Gasteiger partial charge in [-0.1, -0.05) is 12.1 Å². The number of fused-ring (bicyclic) bond motifs is 5. The zero-order chi connectivity index (χ0) is 29.3. The fourth-order valence-electron chi connectivity index (χ4n) is 5.88. The number of ketones is 1. The number of aryl methyl sites for hydroxylation is 1. The van der Waals surface area contributed by atoms with Crippen molar-refractivity contribution in [1.29, 1.82) is 0 Å². The maximum Gasteiger partial charge on any atom is 0.271 e. The predicted octanol–water partition coefficient (Wildman–Crippen LogP) is 2.02. The first-order valence-electron chi connectivity index (χ1n) is 13.5. The Morgan fingerprint density at radius 1 is 1.17 bits per heavy atom. The van der Waals surface area contributed by atoms with Gasteiger partial charge in [-0.25, -0.2) is 8.51 Å². The third kappa shape index (κ3) is 4.08. The summed E-state index contributed by atoms with van der Waals surface area (Å²) in [6.45, 7) is 8.31. The van der Waals surface area contributed by atoms with Crippen molar-refractivity contribution in [2.24, 2.45) is 0 Å². The maximum atomic E-state index is 14.2. The molecule has 11 nitrogen and oxygen atoms in total. The fraction of sp³-hybridized carbons (Fsp3) is 0.379. The molecule has 2 aromatic carbocycles. The molecule has 3 unspecified atom stereocenters. The number of piperazine rings is 1. The molecule has 0 saturated carbocycles. The van der Waals surface area contributed by atoms with Gasteiger partial charge in [0.2, 0.25) is 11.3 Å². The third-order valence-corrected chi connectivity index (χ3v) is 9.36. The molecule has 3 atom stereocenters. The molecule has 1 saturated heterocycles. The van der Waals surface area contributed by atoms with E-state index >= 15 is 0 Å². The van der Waals surface area contributed by atoms with Crippen LogP contribution in [-0.4, -0.2) is 74.5 Å². The van der Waals surface area contributed by atoms with E-state index in [0.29, 0.717) is 29.4 Å². The lowest BCUT2D eigenvalue weighted by Crippen LogP contribution is -2.60. The van der Waals surface area contributed by atoms with Crippen LogP contribution in [0, 0.1) is 6.92 Å². The van der Waals surface area contributed by atoms with Crippen molar-refractivity contribution in [1.82, 2.24) is 19.5 Å². The average molecular weight is 580 g/mol. The second kappa shape index (κ2) is 9.69. The highest BCUT2D eigenvalue weighted by molar-refractivity contribution is 7.82. The summed E-state index contributed by atoms with van der Waals surface area (Å²) in [4.78, 5) is 33.3. The number of Topliss-reactive ketones (excluding diaryl/α,β-unsaturated/α-hetero) is 1. The van der Waals surface area contributed by atoms with Crippen LogP contribution in [0.15, 0.2) is 47.5 Å². The van der Waals surface area contributed by atoms with Crippen LogP contribution in [-0.2, 0) is 22.3 Å². The number of aliphatic hydroxyl groups is 1. The Bertz CT molecular complexity index is 1600. The third-order valence-electron chi connectivity index (χ3n) is 7.93. The molecule has 2 aliphatic heterocycles. The number of aromatic amines is 1. The monoisotopic (exact) mass is 579 g/mol. The Morgan fingerprint density at radius 2 is 1.90 bits per heavy atom. The number of aromatic nitrogens is 1. The molecule has 12 heteroatoms. The normalized spacial score (nSPS) is 24.5. The molecule has 6 rings (SSSR count). The number of nitrogens with zero attached hydrogens (tertiary/aromatic N) is 2. The van der Waals surface area contributed by atoms with E-state index in [-0.39, 0.29) is 39.9 Å². The van der Waals surface area contributed by atoms with Crippen LogP contribution in [0.3, 0.4) is 0 Å². The molecule has 0 bridgehead atoms. The van der Waals surface area contributed by atoms with Gasteiger partial charge < -0.3 is 35.5 Å². The van der Waals surface area contributed by atoms with Gasteiger partial charge in [0.25, 0.3) is 11.7 Å². The number of nitrogen functional groups attached to an aromatic ring is 1. The second-order valence-corrected chi connectivity index (χ2v) is 12.5. The lowest BCUT2D eigenvalue weighted by Gasteiger charge is -2.34. The minimum atomic E-state index is -2.27. The van der Waals surface area contributed by atoms with E-state index in [2.05, 4.69) is 15.2 Å². The number of benzene rings is 2. The Hall–Kier alpha value is -3.71. The highest BCUT2D eigenvalue weighted by atomic mass is 32.2. The Morgan fingerprint density at radius 3 is 2.61 bits per heavy atom. The number of hydrogen-bond donors (Lipinski definition) is 4. The summed E-state index contributed by atoms with van der Waals surface area (Å²) < 4.78 is 27.1. The van der Waals surface area contributed by atoms with Crippen molar-refractivity contribution < 1.29 is 28.4 Å². The average Bonchev–Trinajstić information content (AvgIpc) is 3.49. The molecule has 41 heavy (non-hydrogen) atoms. The van der Waals surface area contributed by atoms with E-state index in [1.807, 2.05) is 25.2 Å². The molecule has 1 aliphatic carbocycles. The van der Waals surface area contributed by atoms with Crippen LogP contribution in [0.25, 0.3) is 0 Å². The molecular weight excluding hydrogens is 546 g/mol. The van der Waals surface area contributed by atoms with Gasteiger partial charge in [-0.2, -0.15) is 0 Å². The van der Waals surface area contributed by atoms with Gasteiger partial charge in [0, 0.05) is 49.1 Å². The lowest BCUT2D eigenvalue weighted by atomic mass is 9.82. The van der Waals surface area contributed by atoms with Crippen LogP contribution in [0.5, 0.6) is 11.5 Å². The van der Waals surface area contributed by atoms with Crippen molar-refractivity contribution in [3.63, 3.8) is 0 Å². The Balaban J connectivity index is 1.40. The molecule has 0 radical (unpaired) electrons. The van der Waals surface area contributed by atoms with E-state index in [1.54, 1.807) is 49.4 Å². The number of likely N-dealkylation sites (N-methyl/N-ethyl adjacent to an activating group) is 1. The highest BCUT2D eigenvalue weighted by Crippen LogP contribution is 2.59. The largest absolute Gasteiger partial charge is 0.491 e. The van der Waals surface area contributed by atoms with Crippen molar-refractivity contribution >= 4 is 28.4 Å². The Labute approximate surface area is 240 Å². The molecule has 216 valence electrons. The SMILES string of the molecule is Cc1cc(S(=O)N2CCN(C)CC2)[nH]c1C(=O)NC12C(=O)c3c(N)cccc3C1(O)Oc1cc(OC(C)C)ccc12. The van der Waals surface area contributed by atoms with Gasteiger partial charge in [0.05, 0.1) is 11.7 Å². The van der Waals surface area contributed by atoms with Gasteiger partial charge >= 0.3 is 0 Å². The van der Waals surface area contributed by atoms with E-state index in [1.165, 1.54) is 0 Å². The minimum Gasteiger partial charge on any atom is -0.491 e. The van der Waals surface area contributed by atoms with Crippen LogP contribution >= 0.6 is 0 Å². The number of rotatable bonds is 6. The van der Waals surface area contributed by atoms with E-state index in [0.717, 1.165) is 13.1 Å². The fourth-order valence-corrected chi connectivity index (χ4v) is 7.12. The topological polar surface area (TPSA) is 150 Å². The molecule has 3 aromatic rings. The van der Waals surface area contributed by atoms with Crippen molar-refractivity contribution in [3.05, 3.63) is 70.4 Å². The molecule has 3 aliphatic rings. The molecule has 1 fully saturated rings. The smallest absolute Gasteiger partial charge is 0.271 e. The van der Waals surface area contributed by atoms with Crippen molar-refractivity contribution in [3.8, 4) is 11.5 Å². The number of nitrogens with one attached hydrogen (secondary N) is 2. The predicted molar refractivity (Wildman–Crippen MR) is 152 cm³/mol. The van der Waals surface area contributed by atoms with E-state index in [4.69, 9.17) is 15.2 Å². The van der Waals surface area contributed by atoms with Crippen molar-refractivity contribution in [2.75, 3.05) is 39.0 Å². The van der Waals surface area contributed by atoms with Gasteiger partial charge in [-0.15, -0.1) is 0 Å². The van der Waals surface area contributed by atoms with Crippen LogP contribution in [0.2, 0.25) is 0 Å². The number of carbonyl (C=O) groups excluding carboxylic acids is 2. The molecular formula is C29H33N5O6S. The summed E-state index contributed by atoms with van der Waals surface area (Å²) in [7, 11) is 0.518. The van der Waals surface area contributed by atoms with E-state index < -0.39 is 34.0 Å². The zero-order valence-electron chi connectivity index (χ0n) is 23.3. The summed E-state index contributed by atoms with van der Waals surface area (Å²) in [6, 6.07) is 11.3. The summed E-state index contributed by atoms with van der Waals surface area (Å²) in [5, 5.41) is 15.4. The quantitative estimate of drug-likeness (QED) is 0.324. The Kier molecular flexibility index (Phi) is 6.49. The number of amides is 1. The molecule has 5 N–H and O–H groups in total. The summed E-state index contributed by atoms with van der Waals surface area (Å²) in [5.41, 5.74) is 5.52. The van der Waals surface area contributed by atoms with Crippen molar-refractivity contribution in [2.45, 2.75) is 43.2 Å². The first-order valence-corrected chi connectivity index (χ1v) is 14.6. The maximum absolute atomic E-state index is 14.2. The van der Waals surface area contributed by atoms with Gasteiger partial charge in [0.15, 0.2) is 0 Å². The van der Waals surface area contributed by atoms with E-state index in [9.17, 15) is 18.9 Å². The number of nitrogens with two attached hydrogens (primary N) is 1. The van der Waals surface area contributed by atoms with Gasteiger partial charge in [0.1, 0.15) is 33.2 Å². The minimum absolute atomic E-state index is 0.0866. The highest BCUT2D eigenvalue weighted by Gasteiger charge is 2.72. The second-order valence-electron chi connectivity index (χ2n) is 11.0. The number of ether oxygens (including phenoxy) is 2. The first kappa shape index (κ1) is 27.5. The molecule has 1 aromatic heterocycles. The van der Waals surface area contributed by atoms with Crippen LogP contribution in [0.4, 0.5) is 5.69 Å². The number of H-pyrrole nitrogens is 1. The standard InChI is InChI=1S/C29H33N5O6S/c1-16(2)39-18-8-9-19-22(15-18)40-29(37)20-6-5-7-21(30)24(20)26(35)28(19,29)32-27(36)25-17(3)14-23(31-25)41(38)34-12-10-33(4)11-13-34/h5-9,14-16,31,37H,10-13,30H2,1-4H3,(H,32,36). The van der Waals surface area contributed by atoms with Gasteiger partial charge in [-0.3, -0.25) is 9.59 Å².